The summed E-state index contributed by atoms with van der Waals surface area (Å²) in [6.45, 7) is 0. The topological polar surface area (TPSA) is 82.0 Å². The van der Waals surface area contributed by atoms with Crippen molar-refractivity contribution in [1.82, 2.24) is 4.98 Å². The van der Waals surface area contributed by atoms with E-state index in [1.165, 1.54) is 0 Å². The van der Waals surface area contributed by atoms with Crippen molar-refractivity contribution in [2.24, 2.45) is 5.73 Å². The molecule has 76 valence electrons. The van der Waals surface area contributed by atoms with E-state index in [0.29, 0.717) is 0 Å². The Morgan fingerprint density at radius 2 is 2.14 bits per heavy atom. The van der Waals surface area contributed by atoms with E-state index in [0.717, 1.165) is 6.07 Å². The standard InChI is InChI=1S/C7H6BrF2N3O/c8-4-2(6(9)10)1-3(11)13-5(4)7(12)14/h1,6H,(H2,11,13)(H2,12,14). The summed E-state index contributed by atoms with van der Waals surface area (Å²) in [5.41, 5.74) is 9.46. The van der Waals surface area contributed by atoms with Gasteiger partial charge >= 0.3 is 0 Å². The molecule has 0 unspecified atom stereocenters. The molecule has 0 spiro atoms. The number of carbonyl (C=O) groups excluding carboxylic acids is 1. The van der Waals surface area contributed by atoms with Crippen LogP contribution in [0.15, 0.2) is 10.5 Å². The largest absolute Gasteiger partial charge is 0.384 e. The molecule has 0 aromatic carbocycles. The highest BCUT2D eigenvalue weighted by Gasteiger charge is 2.19. The fourth-order valence-corrected chi connectivity index (χ4v) is 1.46. The summed E-state index contributed by atoms with van der Waals surface area (Å²) in [7, 11) is 0. The second-order valence-corrected chi connectivity index (χ2v) is 3.26. The maximum absolute atomic E-state index is 12.4. The van der Waals surface area contributed by atoms with Crippen LogP contribution in [0, 0.1) is 0 Å². The zero-order valence-corrected chi connectivity index (χ0v) is 8.38. The van der Waals surface area contributed by atoms with E-state index in [2.05, 4.69) is 20.9 Å². The third-order valence-corrected chi connectivity index (χ3v) is 2.31. The van der Waals surface area contributed by atoms with Gasteiger partial charge in [-0.1, -0.05) is 0 Å². The molecule has 0 aliphatic carbocycles. The lowest BCUT2D eigenvalue weighted by molar-refractivity contribution is 0.0994. The van der Waals surface area contributed by atoms with Crippen LogP contribution in [0.4, 0.5) is 14.6 Å². The highest BCUT2D eigenvalue weighted by Crippen LogP contribution is 2.30. The van der Waals surface area contributed by atoms with Crippen LogP contribution in [0.25, 0.3) is 0 Å². The maximum atomic E-state index is 12.4. The molecule has 0 fully saturated rings. The third-order valence-electron chi connectivity index (χ3n) is 1.47. The molecule has 1 aromatic heterocycles. The van der Waals surface area contributed by atoms with E-state index in [9.17, 15) is 13.6 Å². The molecule has 0 saturated heterocycles. The number of aromatic nitrogens is 1. The number of alkyl halides is 2. The molecule has 7 heteroatoms. The number of nitrogens with zero attached hydrogens (tertiary/aromatic N) is 1. The van der Waals surface area contributed by atoms with Crippen LogP contribution in [-0.4, -0.2) is 10.9 Å². The number of nitrogens with two attached hydrogens (primary N) is 2. The SMILES string of the molecule is NC(=O)c1nc(N)cc(C(F)F)c1Br. The van der Waals surface area contributed by atoms with Gasteiger partial charge in [0, 0.05) is 5.56 Å². The van der Waals surface area contributed by atoms with E-state index in [1.807, 2.05) is 0 Å². The monoisotopic (exact) mass is 265 g/mol. The number of halogens is 3. The van der Waals surface area contributed by atoms with E-state index in [1.54, 1.807) is 0 Å². The number of hydrogen-bond acceptors (Lipinski definition) is 3. The van der Waals surface area contributed by atoms with Gasteiger partial charge in [-0.05, 0) is 22.0 Å². The van der Waals surface area contributed by atoms with Crippen LogP contribution < -0.4 is 11.5 Å². The van der Waals surface area contributed by atoms with Gasteiger partial charge in [-0.15, -0.1) is 0 Å². The summed E-state index contributed by atoms with van der Waals surface area (Å²) in [5, 5.41) is 0. The number of anilines is 1. The fraction of sp³-hybridized carbons (Fsp3) is 0.143. The van der Waals surface area contributed by atoms with Crippen molar-refractivity contribution in [1.29, 1.82) is 0 Å². The molecular formula is C7H6BrF2N3O. The molecule has 1 heterocycles. The van der Waals surface area contributed by atoms with Crippen LogP contribution in [0.1, 0.15) is 22.5 Å². The Kier molecular flexibility index (Phi) is 3.00. The van der Waals surface area contributed by atoms with Crippen molar-refractivity contribution >= 4 is 27.7 Å². The minimum Gasteiger partial charge on any atom is -0.384 e. The summed E-state index contributed by atoms with van der Waals surface area (Å²) >= 11 is 2.82. The lowest BCUT2D eigenvalue weighted by atomic mass is 10.2. The average molecular weight is 266 g/mol. The molecular weight excluding hydrogens is 260 g/mol. The molecule has 0 saturated carbocycles. The Morgan fingerprint density at radius 1 is 1.57 bits per heavy atom. The van der Waals surface area contributed by atoms with Gasteiger partial charge in [0.05, 0.1) is 4.47 Å². The van der Waals surface area contributed by atoms with Crippen molar-refractivity contribution in [3.05, 3.63) is 21.8 Å². The highest BCUT2D eigenvalue weighted by molar-refractivity contribution is 9.10. The molecule has 1 rings (SSSR count). The van der Waals surface area contributed by atoms with Gasteiger partial charge < -0.3 is 11.5 Å². The second kappa shape index (κ2) is 3.87. The summed E-state index contributed by atoms with van der Waals surface area (Å²) < 4.78 is 24.7. The van der Waals surface area contributed by atoms with Gasteiger partial charge in [0.1, 0.15) is 11.5 Å². The summed E-state index contributed by atoms with van der Waals surface area (Å²) in [6.07, 6.45) is -2.74. The normalized spacial score (nSPS) is 10.6. The van der Waals surface area contributed by atoms with Gasteiger partial charge in [0.25, 0.3) is 12.3 Å². The van der Waals surface area contributed by atoms with Crippen molar-refractivity contribution in [2.45, 2.75) is 6.43 Å². The average Bonchev–Trinajstić information content (AvgIpc) is 2.07. The first kappa shape index (κ1) is 10.8. The van der Waals surface area contributed by atoms with Gasteiger partial charge in [-0.2, -0.15) is 0 Å². The zero-order valence-electron chi connectivity index (χ0n) is 6.80. The number of nitrogen functional groups attached to an aromatic ring is 1. The number of hydrogen-bond donors (Lipinski definition) is 2. The number of rotatable bonds is 2. The quantitative estimate of drug-likeness (QED) is 0.850. The Labute approximate surface area is 86.4 Å². The first-order chi connectivity index (χ1) is 6.43. The third kappa shape index (κ3) is 1.98. The summed E-state index contributed by atoms with van der Waals surface area (Å²) in [6, 6.07) is 0.987. The van der Waals surface area contributed by atoms with Crippen LogP contribution in [0.2, 0.25) is 0 Å². The minimum absolute atomic E-state index is 0.116. The van der Waals surface area contributed by atoms with Gasteiger partial charge in [-0.3, -0.25) is 4.79 Å². The highest BCUT2D eigenvalue weighted by atomic mass is 79.9. The minimum atomic E-state index is -2.74. The zero-order chi connectivity index (χ0) is 10.9. The van der Waals surface area contributed by atoms with Crippen molar-refractivity contribution in [3.8, 4) is 0 Å². The molecule has 0 aliphatic heterocycles. The first-order valence-electron chi connectivity index (χ1n) is 3.47. The predicted octanol–water partition coefficient (Wildman–Crippen LogP) is 1.46. The van der Waals surface area contributed by atoms with Crippen molar-refractivity contribution in [3.63, 3.8) is 0 Å². The summed E-state index contributed by atoms with van der Waals surface area (Å²) in [4.78, 5) is 14.3. The second-order valence-electron chi connectivity index (χ2n) is 2.46. The molecule has 1 aromatic rings. The fourth-order valence-electron chi connectivity index (χ4n) is 0.892. The van der Waals surface area contributed by atoms with E-state index < -0.39 is 17.9 Å². The maximum Gasteiger partial charge on any atom is 0.268 e. The van der Waals surface area contributed by atoms with E-state index in [-0.39, 0.29) is 16.0 Å². The Bertz CT molecular complexity index is 383. The Balaban J connectivity index is 3.40. The van der Waals surface area contributed by atoms with Crippen LogP contribution >= 0.6 is 15.9 Å². The molecule has 0 atom stereocenters. The van der Waals surface area contributed by atoms with Crippen molar-refractivity contribution in [2.75, 3.05) is 5.73 Å². The molecule has 14 heavy (non-hydrogen) atoms. The lowest BCUT2D eigenvalue weighted by Gasteiger charge is -2.07. The van der Waals surface area contributed by atoms with Crippen LogP contribution in [-0.2, 0) is 0 Å². The molecule has 4 N–H and O–H groups in total. The predicted molar refractivity (Wildman–Crippen MR) is 49.8 cm³/mol. The molecule has 4 nitrogen and oxygen atoms in total. The van der Waals surface area contributed by atoms with E-state index in [4.69, 9.17) is 11.5 Å². The number of amides is 1. The molecule has 1 amide bonds. The molecule has 0 bridgehead atoms. The lowest BCUT2D eigenvalue weighted by Crippen LogP contribution is -2.16. The van der Waals surface area contributed by atoms with Crippen LogP contribution in [0.5, 0.6) is 0 Å². The van der Waals surface area contributed by atoms with Crippen LogP contribution in [0.3, 0.4) is 0 Å². The van der Waals surface area contributed by atoms with E-state index >= 15 is 0 Å². The number of primary amides is 1. The number of carbonyl (C=O) groups is 1. The van der Waals surface area contributed by atoms with Gasteiger partial charge in [0.2, 0.25) is 0 Å². The summed E-state index contributed by atoms with van der Waals surface area (Å²) in [5.74, 6) is -1.08. The molecule has 0 radical (unpaired) electrons. The Morgan fingerprint density at radius 3 is 2.57 bits per heavy atom. The first-order valence-corrected chi connectivity index (χ1v) is 4.26. The van der Waals surface area contributed by atoms with Gasteiger partial charge in [0.15, 0.2) is 0 Å². The van der Waals surface area contributed by atoms with Crippen molar-refractivity contribution < 1.29 is 13.6 Å². The van der Waals surface area contributed by atoms with Gasteiger partial charge in [-0.25, -0.2) is 13.8 Å². The smallest absolute Gasteiger partial charge is 0.268 e. The Hall–Kier alpha value is -1.24. The number of pyridine rings is 1. The molecule has 0 aliphatic rings.